The van der Waals surface area contributed by atoms with E-state index < -0.39 is 0 Å². The van der Waals surface area contributed by atoms with E-state index in [4.69, 9.17) is 26.6 Å². The second-order valence-electron chi connectivity index (χ2n) is 4.09. The lowest BCUT2D eigenvalue weighted by atomic mass is 10.0. The summed E-state index contributed by atoms with van der Waals surface area (Å²) in [5.41, 5.74) is 7.42. The number of nitrogens with zero attached hydrogens (tertiary/aromatic N) is 1. The van der Waals surface area contributed by atoms with Crippen molar-refractivity contribution in [3.05, 3.63) is 40.7 Å². The van der Waals surface area contributed by atoms with Gasteiger partial charge in [-0.05, 0) is 29.6 Å². The number of ether oxygens (including phenoxy) is 1. The van der Waals surface area contributed by atoms with E-state index in [2.05, 4.69) is 5.16 Å². The number of nitrogen functional groups attached to an aromatic ring is 1. The van der Waals surface area contributed by atoms with E-state index in [1.807, 2.05) is 17.5 Å². The first-order chi connectivity index (χ1) is 9.70. The molecule has 6 heteroatoms. The Bertz CT molecular complexity index is 738. The van der Waals surface area contributed by atoms with Crippen molar-refractivity contribution >= 4 is 28.8 Å². The molecule has 2 N–H and O–H groups in total. The fourth-order valence-corrected chi connectivity index (χ4v) is 2.89. The van der Waals surface area contributed by atoms with Crippen LogP contribution >= 0.6 is 22.9 Å². The van der Waals surface area contributed by atoms with Crippen LogP contribution < -0.4 is 10.5 Å². The summed E-state index contributed by atoms with van der Waals surface area (Å²) in [4.78, 5) is 0.950. The van der Waals surface area contributed by atoms with E-state index in [1.54, 1.807) is 36.6 Å². The van der Waals surface area contributed by atoms with Crippen LogP contribution in [0.3, 0.4) is 0 Å². The van der Waals surface area contributed by atoms with Gasteiger partial charge < -0.3 is 15.0 Å². The van der Waals surface area contributed by atoms with Gasteiger partial charge >= 0.3 is 0 Å². The summed E-state index contributed by atoms with van der Waals surface area (Å²) in [6, 6.07) is 9.24. The topological polar surface area (TPSA) is 61.3 Å². The molecule has 0 atom stereocenters. The number of thiophene rings is 1. The number of nitrogens with two attached hydrogens (primary N) is 1. The molecule has 0 amide bonds. The first-order valence-corrected chi connectivity index (χ1v) is 7.09. The standard InChI is InChI=1S/C14H11ClN2O2S/c1-18-10-5-4-8(15)7-9(10)12-13(19-17-14(12)16)11-3-2-6-20-11/h2-7H,1H3,(H2,16,17). The zero-order chi connectivity index (χ0) is 14.1. The average Bonchev–Trinajstić information content (AvgIpc) is 3.07. The monoisotopic (exact) mass is 306 g/mol. The third kappa shape index (κ3) is 2.15. The Balaban J connectivity index is 2.25. The van der Waals surface area contributed by atoms with Crippen molar-refractivity contribution < 1.29 is 9.26 Å². The van der Waals surface area contributed by atoms with Crippen LogP contribution in [0, 0.1) is 0 Å². The second kappa shape index (κ2) is 5.19. The Kier molecular flexibility index (Phi) is 3.38. The van der Waals surface area contributed by atoms with Crippen molar-refractivity contribution in [1.82, 2.24) is 5.16 Å². The van der Waals surface area contributed by atoms with E-state index in [0.29, 0.717) is 27.9 Å². The Hall–Kier alpha value is -1.98. The largest absolute Gasteiger partial charge is 0.496 e. The highest BCUT2D eigenvalue weighted by atomic mass is 35.5. The van der Waals surface area contributed by atoms with Gasteiger partial charge in [0.05, 0.1) is 17.6 Å². The second-order valence-corrected chi connectivity index (χ2v) is 5.48. The molecule has 0 spiro atoms. The molecule has 2 heterocycles. The van der Waals surface area contributed by atoms with Gasteiger partial charge in [-0.15, -0.1) is 11.3 Å². The van der Waals surface area contributed by atoms with Crippen molar-refractivity contribution in [3.63, 3.8) is 0 Å². The number of methoxy groups -OCH3 is 1. The van der Waals surface area contributed by atoms with Crippen molar-refractivity contribution in [3.8, 4) is 27.5 Å². The molecule has 102 valence electrons. The molecule has 0 radical (unpaired) electrons. The Morgan fingerprint density at radius 3 is 2.90 bits per heavy atom. The minimum absolute atomic E-state index is 0.314. The molecule has 3 rings (SSSR count). The summed E-state index contributed by atoms with van der Waals surface area (Å²) < 4.78 is 10.7. The molecule has 2 aromatic heterocycles. The molecule has 0 aliphatic carbocycles. The number of benzene rings is 1. The summed E-state index contributed by atoms with van der Waals surface area (Å²) in [6.07, 6.45) is 0. The van der Waals surface area contributed by atoms with Gasteiger partial charge in [-0.2, -0.15) is 0 Å². The number of hydrogen-bond acceptors (Lipinski definition) is 5. The molecule has 0 aliphatic heterocycles. The molecule has 1 aromatic carbocycles. The highest BCUT2D eigenvalue weighted by Gasteiger charge is 2.21. The lowest BCUT2D eigenvalue weighted by molar-refractivity contribution is 0.416. The maximum atomic E-state index is 6.08. The molecular weight excluding hydrogens is 296 g/mol. The number of aromatic nitrogens is 1. The normalized spacial score (nSPS) is 10.7. The quantitative estimate of drug-likeness (QED) is 0.783. The Morgan fingerprint density at radius 1 is 1.35 bits per heavy atom. The summed E-state index contributed by atoms with van der Waals surface area (Å²) in [5.74, 6) is 1.61. The summed E-state index contributed by atoms with van der Waals surface area (Å²) in [5, 5.41) is 6.43. The van der Waals surface area contributed by atoms with Gasteiger partial charge in [0, 0.05) is 10.6 Å². The fourth-order valence-electron chi connectivity index (χ4n) is 2.01. The third-order valence-corrected chi connectivity index (χ3v) is 4.00. The van der Waals surface area contributed by atoms with Crippen molar-refractivity contribution in [1.29, 1.82) is 0 Å². The molecular formula is C14H11ClN2O2S. The smallest absolute Gasteiger partial charge is 0.186 e. The molecule has 0 aliphatic rings. The Labute approximate surface area is 124 Å². The molecule has 3 aromatic rings. The molecule has 0 saturated carbocycles. The number of halogens is 1. The van der Waals surface area contributed by atoms with E-state index in [9.17, 15) is 0 Å². The third-order valence-electron chi connectivity index (χ3n) is 2.89. The van der Waals surface area contributed by atoms with Gasteiger partial charge in [-0.1, -0.05) is 22.8 Å². The van der Waals surface area contributed by atoms with Crippen LogP contribution in [0.25, 0.3) is 21.8 Å². The lowest BCUT2D eigenvalue weighted by Gasteiger charge is -2.08. The van der Waals surface area contributed by atoms with Crippen LogP contribution in [0.1, 0.15) is 0 Å². The van der Waals surface area contributed by atoms with Gasteiger partial charge in [-0.3, -0.25) is 0 Å². The van der Waals surface area contributed by atoms with Crippen molar-refractivity contribution in [2.75, 3.05) is 12.8 Å². The maximum Gasteiger partial charge on any atom is 0.186 e. The van der Waals surface area contributed by atoms with E-state index in [-0.39, 0.29) is 0 Å². The summed E-state index contributed by atoms with van der Waals surface area (Å²) in [6.45, 7) is 0. The average molecular weight is 307 g/mol. The first-order valence-electron chi connectivity index (χ1n) is 5.83. The molecule has 0 fully saturated rings. The molecule has 0 bridgehead atoms. The van der Waals surface area contributed by atoms with Crippen molar-refractivity contribution in [2.24, 2.45) is 0 Å². The highest BCUT2D eigenvalue weighted by Crippen LogP contribution is 2.43. The van der Waals surface area contributed by atoms with Crippen LogP contribution in [-0.2, 0) is 0 Å². The predicted molar refractivity (Wildman–Crippen MR) is 81.2 cm³/mol. The minimum atomic E-state index is 0.314. The zero-order valence-electron chi connectivity index (χ0n) is 10.6. The SMILES string of the molecule is COc1ccc(Cl)cc1-c1c(N)noc1-c1cccs1. The molecule has 4 nitrogen and oxygen atoms in total. The van der Waals surface area contributed by atoms with Crippen LogP contribution in [0.2, 0.25) is 5.02 Å². The minimum Gasteiger partial charge on any atom is -0.496 e. The van der Waals surface area contributed by atoms with Gasteiger partial charge in [0.25, 0.3) is 0 Å². The number of hydrogen-bond donors (Lipinski definition) is 1. The molecule has 0 saturated heterocycles. The van der Waals surface area contributed by atoms with Crippen LogP contribution in [0.15, 0.2) is 40.2 Å². The number of rotatable bonds is 3. The Morgan fingerprint density at radius 2 is 2.20 bits per heavy atom. The van der Waals surface area contributed by atoms with E-state index >= 15 is 0 Å². The van der Waals surface area contributed by atoms with Gasteiger partial charge in [0.15, 0.2) is 11.6 Å². The van der Waals surface area contributed by atoms with Gasteiger partial charge in [-0.25, -0.2) is 0 Å². The molecule has 0 unspecified atom stereocenters. The van der Waals surface area contributed by atoms with Gasteiger partial charge in [0.1, 0.15) is 5.75 Å². The van der Waals surface area contributed by atoms with Crippen molar-refractivity contribution in [2.45, 2.75) is 0 Å². The van der Waals surface area contributed by atoms with Crippen LogP contribution in [0.5, 0.6) is 5.75 Å². The predicted octanol–water partition coefficient (Wildman–Crippen LogP) is 4.31. The highest BCUT2D eigenvalue weighted by molar-refractivity contribution is 7.13. The van der Waals surface area contributed by atoms with E-state index in [1.165, 1.54) is 0 Å². The zero-order valence-corrected chi connectivity index (χ0v) is 12.2. The summed E-state index contributed by atoms with van der Waals surface area (Å²) >= 11 is 7.63. The van der Waals surface area contributed by atoms with E-state index in [0.717, 1.165) is 10.4 Å². The van der Waals surface area contributed by atoms with Gasteiger partial charge in [0.2, 0.25) is 0 Å². The fraction of sp³-hybridized carbons (Fsp3) is 0.0714. The molecule has 20 heavy (non-hydrogen) atoms. The first kappa shape index (κ1) is 13.0. The lowest BCUT2D eigenvalue weighted by Crippen LogP contribution is -1.92. The summed E-state index contributed by atoms with van der Waals surface area (Å²) in [7, 11) is 1.60. The number of anilines is 1. The maximum absolute atomic E-state index is 6.08. The van der Waals surface area contributed by atoms with Crippen LogP contribution in [0.4, 0.5) is 5.82 Å². The van der Waals surface area contributed by atoms with Crippen LogP contribution in [-0.4, -0.2) is 12.3 Å².